The summed E-state index contributed by atoms with van der Waals surface area (Å²) in [5, 5.41) is 3.49. The molecule has 0 saturated heterocycles. The third-order valence-corrected chi connectivity index (χ3v) is 2.14. The molecular formula is C10H23N. The third kappa shape index (κ3) is 6.36. The van der Waals surface area contributed by atoms with E-state index in [1.54, 1.807) is 0 Å². The molecule has 0 spiro atoms. The maximum absolute atomic E-state index is 3.49. The maximum Gasteiger partial charge on any atom is -0.00206 e. The van der Waals surface area contributed by atoms with Gasteiger partial charge < -0.3 is 5.32 Å². The van der Waals surface area contributed by atoms with Gasteiger partial charge in [0.05, 0.1) is 0 Å². The van der Waals surface area contributed by atoms with E-state index in [0.29, 0.717) is 0 Å². The van der Waals surface area contributed by atoms with Crippen LogP contribution in [-0.4, -0.2) is 13.1 Å². The summed E-state index contributed by atoms with van der Waals surface area (Å²) >= 11 is 0. The predicted octanol–water partition coefficient (Wildman–Crippen LogP) is 2.67. The Morgan fingerprint density at radius 1 is 1.00 bits per heavy atom. The van der Waals surface area contributed by atoms with Gasteiger partial charge in [0.25, 0.3) is 0 Å². The number of hydrogen-bond acceptors (Lipinski definition) is 1. The summed E-state index contributed by atoms with van der Waals surface area (Å²) in [5.41, 5.74) is 0. The van der Waals surface area contributed by atoms with Gasteiger partial charge in [0.2, 0.25) is 0 Å². The van der Waals surface area contributed by atoms with Crippen LogP contribution >= 0.6 is 0 Å². The Balaban J connectivity index is 3.21. The van der Waals surface area contributed by atoms with Gasteiger partial charge in [-0.05, 0) is 24.9 Å². The van der Waals surface area contributed by atoms with Crippen LogP contribution < -0.4 is 5.32 Å². The predicted molar refractivity (Wildman–Crippen MR) is 51.8 cm³/mol. The van der Waals surface area contributed by atoms with Crippen molar-refractivity contribution in [2.24, 2.45) is 11.8 Å². The molecule has 0 bridgehead atoms. The molecule has 0 radical (unpaired) electrons. The van der Waals surface area contributed by atoms with E-state index < -0.39 is 0 Å². The summed E-state index contributed by atoms with van der Waals surface area (Å²) in [6.45, 7) is 11.4. The molecule has 0 rings (SSSR count). The first-order valence-corrected chi connectivity index (χ1v) is 4.91. The Kier molecular flexibility index (Phi) is 6.63. The minimum Gasteiger partial charge on any atom is -0.316 e. The lowest BCUT2D eigenvalue weighted by atomic mass is 10.0. The van der Waals surface area contributed by atoms with Crippen LogP contribution in [0.1, 0.15) is 40.5 Å². The van der Waals surface area contributed by atoms with E-state index in [0.717, 1.165) is 18.4 Å². The van der Waals surface area contributed by atoms with Crippen molar-refractivity contribution in [3.05, 3.63) is 0 Å². The normalized spacial score (nSPS) is 11.5. The van der Waals surface area contributed by atoms with E-state index in [-0.39, 0.29) is 0 Å². The fraction of sp³-hybridized carbons (Fsp3) is 1.00. The van der Waals surface area contributed by atoms with Crippen LogP contribution in [0.3, 0.4) is 0 Å². The van der Waals surface area contributed by atoms with Gasteiger partial charge in [-0.15, -0.1) is 0 Å². The monoisotopic (exact) mass is 157 g/mol. The van der Waals surface area contributed by atoms with E-state index in [1.807, 2.05) is 0 Å². The summed E-state index contributed by atoms with van der Waals surface area (Å²) in [4.78, 5) is 0. The summed E-state index contributed by atoms with van der Waals surface area (Å²) in [5.74, 6) is 1.66. The van der Waals surface area contributed by atoms with Crippen molar-refractivity contribution < 1.29 is 0 Å². The maximum atomic E-state index is 3.49. The van der Waals surface area contributed by atoms with Gasteiger partial charge >= 0.3 is 0 Å². The van der Waals surface area contributed by atoms with Gasteiger partial charge in [-0.1, -0.05) is 40.5 Å². The molecule has 0 aromatic rings. The van der Waals surface area contributed by atoms with Crippen LogP contribution in [0.4, 0.5) is 0 Å². The van der Waals surface area contributed by atoms with Crippen molar-refractivity contribution in [2.75, 3.05) is 13.1 Å². The van der Waals surface area contributed by atoms with E-state index in [4.69, 9.17) is 0 Å². The highest BCUT2D eigenvalue weighted by Crippen LogP contribution is 2.05. The van der Waals surface area contributed by atoms with Crippen molar-refractivity contribution >= 4 is 0 Å². The summed E-state index contributed by atoms with van der Waals surface area (Å²) in [6, 6.07) is 0. The van der Waals surface area contributed by atoms with Crippen LogP contribution in [0.2, 0.25) is 0 Å². The lowest BCUT2D eigenvalue weighted by Gasteiger charge is -2.14. The second kappa shape index (κ2) is 6.66. The molecule has 68 valence electrons. The molecule has 0 unspecified atom stereocenters. The van der Waals surface area contributed by atoms with Crippen molar-refractivity contribution in [3.63, 3.8) is 0 Å². The van der Waals surface area contributed by atoms with Crippen molar-refractivity contribution in [1.82, 2.24) is 5.32 Å². The highest BCUT2D eigenvalue weighted by Gasteiger charge is 2.01. The van der Waals surface area contributed by atoms with Gasteiger partial charge in [-0.2, -0.15) is 0 Å². The van der Waals surface area contributed by atoms with Crippen LogP contribution in [-0.2, 0) is 0 Å². The van der Waals surface area contributed by atoms with E-state index in [9.17, 15) is 0 Å². The first kappa shape index (κ1) is 11.0. The van der Waals surface area contributed by atoms with Crippen molar-refractivity contribution in [2.45, 2.75) is 40.5 Å². The number of hydrogen-bond donors (Lipinski definition) is 1. The zero-order valence-electron chi connectivity index (χ0n) is 8.48. The van der Waals surface area contributed by atoms with Gasteiger partial charge in [-0.25, -0.2) is 0 Å². The zero-order valence-corrected chi connectivity index (χ0v) is 8.48. The first-order chi connectivity index (χ1) is 5.20. The molecule has 1 nitrogen and oxygen atoms in total. The highest BCUT2D eigenvalue weighted by molar-refractivity contribution is 4.59. The lowest BCUT2D eigenvalue weighted by molar-refractivity contribution is 0.429. The minimum atomic E-state index is 0.782. The van der Waals surface area contributed by atoms with Crippen LogP contribution in [0.5, 0.6) is 0 Å². The Morgan fingerprint density at radius 2 is 1.55 bits per heavy atom. The zero-order chi connectivity index (χ0) is 8.69. The highest BCUT2D eigenvalue weighted by atomic mass is 14.9. The van der Waals surface area contributed by atoms with Gasteiger partial charge in [0.15, 0.2) is 0 Å². The Hall–Kier alpha value is -0.0400. The quantitative estimate of drug-likeness (QED) is 0.625. The summed E-state index contributed by atoms with van der Waals surface area (Å²) in [6.07, 6.45) is 2.61. The van der Waals surface area contributed by atoms with Gasteiger partial charge in [0, 0.05) is 0 Å². The Bertz CT molecular complexity index is 74.9. The van der Waals surface area contributed by atoms with E-state index >= 15 is 0 Å². The first-order valence-electron chi connectivity index (χ1n) is 4.91. The largest absolute Gasteiger partial charge is 0.316 e. The van der Waals surface area contributed by atoms with Crippen molar-refractivity contribution in [1.29, 1.82) is 0 Å². The fourth-order valence-electron chi connectivity index (χ4n) is 1.15. The van der Waals surface area contributed by atoms with Crippen LogP contribution in [0.25, 0.3) is 0 Å². The molecule has 1 heteroatoms. The molecule has 0 aromatic carbocycles. The fourth-order valence-corrected chi connectivity index (χ4v) is 1.15. The molecule has 0 saturated carbocycles. The van der Waals surface area contributed by atoms with Crippen LogP contribution in [0.15, 0.2) is 0 Å². The molecule has 0 aliphatic rings. The van der Waals surface area contributed by atoms with Crippen molar-refractivity contribution in [3.8, 4) is 0 Å². The molecule has 0 heterocycles. The number of rotatable bonds is 6. The van der Waals surface area contributed by atoms with Gasteiger partial charge in [0.1, 0.15) is 0 Å². The minimum absolute atomic E-state index is 0.782. The van der Waals surface area contributed by atoms with Gasteiger partial charge in [-0.3, -0.25) is 0 Å². The average Bonchev–Trinajstić information content (AvgIpc) is 1.98. The molecular weight excluding hydrogens is 134 g/mol. The van der Waals surface area contributed by atoms with Crippen LogP contribution in [0, 0.1) is 11.8 Å². The van der Waals surface area contributed by atoms with E-state index in [1.165, 1.54) is 19.4 Å². The smallest absolute Gasteiger partial charge is 0.00206 e. The second-order valence-electron chi connectivity index (χ2n) is 3.73. The SMILES string of the molecule is CCC(CC)CNCC(C)C. The molecule has 0 atom stereocenters. The molecule has 0 fully saturated rings. The second-order valence-corrected chi connectivity index (χ2v) is 3.73. The molecule has 11 heavy (non-hydrogen) atoms. The molecule has 0 aromatic heterocycles. The average molecular weight is 157 g/mol. The molecule has 1 N–H and O–H groups in total. The number of nitrogens with one attached hydrogen (secondary N) is 1. The summed E-state index contributed by atoms with van der Waals surface area (Å²) < 4.78 is 0. The standard InChI is InChI=1S/C10H23N/c1-5-10(6-2)8-11-7-9(3)4/h9-11H,5-8H2,1-4H3. The summed E-state index contributed by atoms with van der Waals surface area (Å²) in [7, 11) is 0. The third-order valence-electron chi connectivity index (χ3n) is 2.14. The van der Waals surface area contributed by atoms with E-state index in [2.05, 4.69) is 33.0 Å². The molecule has 0 amide bonds. The Morgan fingerprint density at radius 3 is 1.91 bits per heavy atom. The molecule has 0 aliphatic carbocycles. The Labute approximate surface area is 71.6 Å². The lowest BCUT2D eigenvalue weighted by Crippen LogP contribution is -2.25. The topological polar surface area (TPSA) is 12.0 Å². The molecule has 0 aliphatic heterocycles.